The molecular formula is C17H26N4O2. The van der Waals surface area contributed by atoms with Gasteiger partial charge in [-0.3, -0.25) is 9.88 Å². The summed E-state index contributed by atoms with van der Waals surface area (Å²) in [4.78, 5) is 21.3. The second-order valence-corrected chi connectivity index (χ2v) is 6.33. The minimum atomic E-state index is 0.0332. The summed E-state index contributed by atoms with van der Waals surface area (Å²) in [5.74, 6) is 0. The molecule has 2 amide bonds. The molecule has 6 heteroatoms. The van der Waals surface area contributed by atoms with Gasteiger partial charge in [-0.05, 0) is 31.4 Å². The van der Waals surface area contributed by atoms with Crippen molar-refractivity contribution >= 4 is 6.03 Å². The summed E-state index contributed by atoms with van der Waals surface area (Å²) in [5, 5.41) is 3.03. The first-order valence-electron chi connectivity index (χ1n) is 8.49. The molecule has 1 unspecified atom stereocenters. The zero-order chi connectivity index (χ0) is 16.1. The summed E-state index contributed by atoms with van der Waals surface area (Å²) in [6, 6.07) is 4.29. The van der Waals surface area contributed by atoms with Crippen LogP contribution in [-0.2, 0) is 11.3 Å². The van der Waals surface area contributed by atoms with E-state index in [4.69, 9.17) is 4.74 Å². The fraction of sp³-hybridized carbons (Fsp3) is 0.647. The zero-order valence-electron chi connectivity index (χ0n) is 13.8. The predicted molar refractivity (Wildman–Crippen MR) is 88.2 cm³/mol. The van der Waals surface area contributed by atoms with Gasteiger partial charge in [-0.25, -0.2) is 4.79 Å². The van der Waals surface area contributed by atoms with Crippen LogP contribution in [-0.4, -0.2) is 66.2 Å². The number of likely N-dealkylation sites (tertiary alicyclic amines) is 1. The largest absolute Gasteiger partial charge is 0.379 e. The van der Waals surface area contributed by atoms with Crippen molar-refractivity contribution in [2.75, 3.05) is 39.4 Å². The summed E-state index contributed by atoms with van der Waals surface area (Å²) in [6.45, 7) is 7.87. The molecule has 2 fully saturated rings. The van der Waals surface area contributed by atoms with Crippen molar-refractivity contribution in [2.45, 2.75) is 32.4 Å². The smallest absolute Gasteiger partial charge is 0.318 e. The van der Waals surface area contributed by atoms with Crippen molar-refractivity contribution in [1.29, 1.82) is 0 Å². The van der Waals surface area contributed by atoms with Gasteiger partial charge < -0.3 is 15.0 Å². The maximum atomic E-state index is 12.5. The van der Waals surface area contributed by atoms with Crippen LogP contribution in [0.2, 0.25) is 0 Å². The molecule has 3 rings (SSSR count). The van der Waals surface area contributed by atoms with E-state index in [1.54, 1.807) is 6.20 Å². The van der Waals surface area contributed by atoms with Gasteiger partial charge in [0.05, 0.1) is 25.5 Å². The maximum absolute atomic E-state index is 12.5. The molecule has 0 radical (unpaired) electrons. The number of aromatic nitrogens is 1. The minimum absolute atomic E-state index is 0.0332. The Kier molecular flexibility index (Phi) is 5.46. The van der Waals surface area contributed by atoms with Crippen LogP contribution >= 0.6 is 0 Å². The minimum Gasteiger partial charge on any atom is -0.379 e. The topological polar surface area (TPSA) is 57.7 Å². The molecule has 0 saturated carbocycles. The first kappa shape index (κ1) is 16.2. The number of carbonyl (C=O) groups excluding carboxylic acids is 1. The number of hydrogen-bond donors (Lipinski definition) is 1. The number of carbonyl (C=O) groups is 1. The molecule has 0 spiro atoms. The van der Waals surface area contributed by atoms with Gasteiger partial charge in [-0.2, -0.15) is 0 Å². The highest BCUT2D eigenvalue weighted by atomic mass is 16.5. The Morgan fingerprint density at radius 1 is 1.39 bits per heavy atom. The molecule has 1 atom stereocenters. The molecule has 2 aliphatic rings. The quantitative estimate of drug-likeness (QED) is 0.912. The van der Waals surface area contributed by atoms with E-state index in [0.717, 1.165) is 63.5 Å². The fourth-order valence-electron chi connectivity index (χ4n) is 3.34. The number of rotatable bonds is 4. The van der Waals surface area contributed by atoms with E-state index in [1.165, 1.54) is 0 Å². The standard InChI is InChI=1S/C17H26N4O2/c1-14-4-2-6-18-16(14)12-19-17(22)21-7-3-5-15(21)13-20-8-10-23-11-9-20/h2,4,6,15H,3,5,7-13H2,1H3,(H,19,22). The Hall–Kier alpha value is -1.66. The third-order valence-corrected chi connectivity index (χ3v) is 4.74. The summed E-state index contributed by atoms with van der Waals surface area (Å²) in [6.07, 6.45) is 3.95. The number of ether oxygens (including phenoxy) is 1. The van der Waals surface area contributed by atoms with Crippen LogP contribution in [0.5, 0.6) is 0 Å². The highest BCUT2D eigenvalue weighted by Crippen LogP contribution is 2.19. The summed E-state index contributed by atoms with van der Waals surface area (Å²) < 4.78 is 5.40. The van der Waals surface area contributed by atoms with Crippen molar-refractivity contribution in [2.24, 2.45) is 0 Å². The third kappa shape index (κ3) is 4.20. The van der Waals surface area contributed by atoms with Gasteiger partial charge in [0.25, 0.3) is 0 Å². The van der Waals surface area contributed by atoms with Gasteiger partial charge in [-0.1, -0.05) is 6.07 Å². The molecule has 2 aliphatic heterocycles. The van der Waals surface area contributed by atoms with Gasteiger partial charge in [0.1, 0.15) is 0 Å². The monoisotopic (exact) mass is 318 g/mol. The molecule has 126 valence electrons. The number of pyridine rings is 1. The van der Waals surface area contributed by atoms with Crippen molar-refractivity contribution in [3.63, 3.8) is 0 Å². The Balaban J connectivity index is 1.52. The van der Waals surface area contributed by atoms with Crippen molar-refractivity contribution in [1.82, 2.24) is 20.1 Å². The van der Waals surface area contributed by atoms with Crippen LogP contribution in [0.3, 0.4) is 0 Å². The highest BCUT2D eigenvalue weighted by molar-refractivity contribution is 5.74. The van der Waals surface area contributed by atoms with Gasteiger partial charge in [0, 0.05) is 38.4 Å². The van der Waals surface area contributed by atoms with E-state index in [9.17, 15) is 4.79 Å². The molecule has 0 aromatic carbocycles. The number of nitrogens with zero attached hydrogens (tertiary/aromatic N) is 3. The molecule has 23 heavy (non-hydrogen) atoms. The number of aryl methyl sites for hydroxylation is 1. The molecule has 6 nitrogen and oxygen atoms in total. The Morgan fingerprint density at radius 2 is 2.22 bits per heavy atom. The van der Waals surface area contributed by atoms with Crippen LogP contribution < -0.4 is 5.32 Å². The maximum Gasteiger partial charge on any atom is 0.318 e. The van der Waals surface area contributed by atoms with E-state index in [0.29, 0.717) is 12.6 Å². The Labute approximate surface area is 137 Å². The fourth-order valence-corrected chi connectivity index (χ4v) is 3.34. The lowest BCUT2D eigenvalue weighted by molar-refractivity contribution is 0.0292. The number of urea groups is 1. The third-order valence-electron chi connectivity index (χ3n) is 4.74. The first-order valence-corrected chi connectivity index (χ1v) is 8.49. The van der Waals surface area contributed by atoms with Crippen LogP contribution in [0, 0.1) is 6.92 Å². The second kappa shape index (κ2) is 7.75. The zero-order valence-corrected chi connectivity index (χ0v) is 13.8. The van der Waals surface area contributed by atoms with Crippen molar-refractivity contribution in [3.05, 3.63) is 29.6 Å². The average Bonchev–Trinajstić information content (AvgIpc) is 3.03. The number of morpholine rings is 1. The van der Waals surface area contributed by atoms with Crippen LogP contribution in [0.15, 0.2) is 18.3 Å². The van der Waals surface area contributed by atoms with Crippen molar-refractivity contribution in [3.8, 4) is 0 Å². The lowest BCUT2D eigenvalue weighted by atomic mass is 10.2. The average molecular weight is 318 g/mol. The number of amides is 2. The molecular weight excluding hydrogens is 292 g/mol. The molecule has 3 heterocycles. The van der Waals surface area contributed by atoms with Crippen molar-refractivity contribution < 1.29 is 9.53 Å². The van der Waals surface area contributed by atoms with Gasteiger partial charge in [-0.15, -0.1) is 0 Å². The van der Waals surface area contributed by atoms with Crippen LogP contribution in [0.1, 0.15) is 24.1 Å². The van der Waals surface area contributed by atoms with Crippen LogP contribution in [0.4, 0.5) is 4.79 Å². The molecule has 1 N–H and O–H groups in total. The highest BCUT2D eigenvalue weighted by Gasteiger charge is 2.30. The SMILES string of the molecule is Cc1cccnc1CNC(=O)N1CCCC1CN1CCOCC1. The lowest BCUT2D eigenvalue weighted by Gasteiger charge is -2.32. The second-order valence-electron chi connectivity index (χ2n) is 6.33. The van der Waals surface area contributed by atoms with E-state index < -0.39 is 0 Å². The molecule has 0 aliphatic carbocycles. The van der Waals surface area contributed by atoms with Crippen LogP contribution in [0.25, 0.3) is 0 Å². The lowest BCUT2D eigenvalue weighted by Crippen LogP contribution is -2.49. The van der Waals surface area contributed by atoms with E-state index in [1.807, 2.05) is 24.0 Å². The number of hydrogen-bond acceptors (Lipinski definition) is 4. The summed E-state index contributed by atoms with van der Waals surface area (Å²) in [5.41, 5.74) is 2.05. The van der Waals surface area contributed by atoms with Gasteiger partial charge >= 0.3 is 6.03 Å². The Morgan fingerprint density at radius 3 is 3.00 bits per heavy atom. The van der Waals surface area contributed by atoms with E-state index in [2.05, 4.69) is 15.2 Å². The summed E-state index contributed by atoms with van der Waals surface area (Å²) in [7, 11) is 0. The molecule has 1 aromatic rings. The normalized spacial score (nSPS) is 22.3. The summed E-state index contributed by atoms with van der Waals surface area (Å²) >= 11 is 0. The number of nitrogens with one attached hydrogen (secondary N) is 1. The first-order chi connectivity index (χ1) is 11.2. The predicted octanol–water partition coefficient (Wildman–Crippen LogP) is 1.40. The Bertz CT molecular complexity index is 531. The van der Waals surface area contributed by atoms with E-state index >= 15 is 0 Å². The van der Waals surface area contributed by atoms with E-state index in [-0.39, 0.29) is 6.03 Å². The molecule has 1 aromatic heterocycles. The molecule has 0 bridgehead atoms. The molecule has 2 saturated heterocycles. The van der Waals surface area contributed by atoms with Gasteiger partial charge in [0.2, 0.25) is 0 Å². The van der Waals surface area contributed by atoms with Gasteiger partial charge in [0.15, 0.2) is 0 Å².